The van der Waals surface area contributed by atoms with Crippen LogP contribution in [0, 0.1) is 0 Å². The van der Waals surface area contributed by atoms with Gasteiger partial charge in [0.25, 0.3) is 17.7 Å². The van der Waals surface area contributed by atoms with Crippen LogP contribution in [-0.4, -0.2) is 100 Å². The number of unbranched alkanes of at least 4 members (excludes halogenated alkanes) is 2. The normalized spacial score (nSPS) is 18.9. The first-order valence-corrected chi connectivity index (χ1v) is 17.9. The number of hydrogen-bond donors (Lipinski definition) is 6. The molecule has 17 heteroatoms. The molecule has 1 saturated heterocycles. The van der Waals surface area contributed by atoms with Crippen LogP contribution in [0.2, 0.25) is 0 Å². The highest BCUT2D eigenvalue weighted by Gasteiger charge is 2.42. The average Bonchev–Trinajstić information content (AvgIpc) is 3.51. The number of ether oxygens (including phenoxy) is 4. The van der Waals surface area contributed by atoms with E-state index in [1.807, 2.05) is 24.3 Å². The Hall–Kier alpha value is -6.04. The lowest BCUT2D eigenvalue weighted by Crippen LogP contribution is -2.53. The summed E-state index contributed by atoms with van der Waals surface area (Å²) in [6.45, 7) is 7.93. The Kier molecular flexibility index (Phi) is 16.1. The first kappa shape index (κ1) is 42.7. The molecule has 2 aliphatic heterocycles. The molecule has 1 fully saturated rings. The number of aliphatic hydroxyl groups is 2. The molecular weight excluding hydrogens is 732 g/mol. The number of imide groups is 1. The number of carbonyl (C=O) groups excluding carboxylic acids is 5. The zero-order valence-electron chi connectivity index (χ0n) is 30.6. The van der Waals surface area contributed by atoms with E-state index in [9.17, 15) is 44.1 Å². The Bertz CT molecular complexity index is 1780. The first-order chi connectivity index (χ1) is 26.8. The number of benzene rings is 2. The molecule has 0 aromatic heterocycles. The number of carboxylic acids is 1. The van der Waals surface area contributed by atoms with Gasteiger partial charge in [-0.3, -0.25) is 24.1 Å². The Morgan fingerprint density at radius 2 is 1.54 bits per heavy atom. The van der Waals surface area contributed by atoms with Crippen molar-refractivity contribution in [2.75, 3.05) is 19.6 Å². The Labute approximate surface area is 322 Å². The van der Waals surface area contributed by atoms with E-state index in [-0.39, 0.29) is 74.7 Å². The van der Waals surface area contributed by atoms with Crippen LogP contribution in [-0.2, 0) is 53.1 Å². The lowest BCUT2D eigenvalue weighted by atomic mass is 10.0. The zero-order chi connectivity index (χ0) is 40.6. The van der Waals surface area contributed by atoms with Gasteiger partial charge in [-0.1, -0.05) is 49.9 Å². The fourth-order valence-electron chi connectivity index (χ4n) is 5.51. The maximum absolute atomic E-state index is 13.4. The van der Waals surface area contributed by atoms with E-state index in [1.54, 1.807) is 0 Å². The molecule has 0 spiro atoms. The minimum atomic E-state index is -1.78. The molecule has 17 nitrogen and oxygen atoms in total. The number of aliphatic carboxylic acids is 1. The van der Waals surface area contributed by atoms with E-state index in [2.05, 4.69) is 29.1 Å². The quantitative estimate of drug-likeness (QED) is 0.0461. The smallest absolute Gasteiger partial charge is 0.407 e. The average molecular weight is 779 g/mol. The molecule has 2 aromatic rings. The molecule has 0 bridgehead atoms. The Morgan fingerprint density at radius 3 is 2.23 bits per heavy atom. The van der Waals surface area contributed by atoms with Gasteiger partial charge in [-0.2, -0.15) is 0 Å². The first-order valence-electron chi connectivity index (χ1n) is 17.9. The van der Waals surface area contributed by atoms with Crippen molar-refractivity contribution < 1.29 is 63.0 Å². The summed E-state index contributed by atoms with van der Waals surface area (Å²) in [5.74, 6) is -2.70. The number of rotatable bonds is 21. The van der Waals surface area contributed by atoms with Gasteiger partial charge in [-0.15, -0.1) is 0 Å². The highest BCUT2D eigenvalue weighted by molar-refractivity contribution is 6.12. The Balaban J connectivity index is 1.29. The van der Waals surface area contributed by atoms with Crippen LogP contribution < -0.4 is 20.7 Å². The number of nitrogens with one attached hydrogen (secondary N) is 3. The van der Waals surface area contributed by atoms with Crippen LogP contribution >= 0.6 is 0 Å². The molecule has 0 saturated carbocycles. The van der Waals surface area contributed by atoms with E-state index < -0.39 is 42.6 Å². The molecule has 3 unspecified atom stereocenters. The monoisotopic (exact) mass is 778 g/mol. The predicted octanol–water partition coefficient (Wildman–Crippen LogP) is 1.96. The summed E-state index contributed by atoms with van der Waals surface area (Å²) >= 11 is 0. The topological polar surface area (TPSA) is 239 Å². The van der Waals surface area contributed by atoms with E-state index >= 15 is 0 Å². The number of hydrogen-bond acceptors (Lipinski definition) is 12. The third-order valence-electron chi connectivity index (χ3n) is 8.63. The molecule has 5 amide bonds. The molecule has 300 valence electrons. The van der Waals surface area contributed by atoms with Gasteiger partial charge in [0.1, 0.15) is 30.8 Å². The van der Waals surface area contributed by atoms with E-state index in [4.69, 9.17) is 18.9 Å². The van der Waals surface area contributed by atoms with Crippen molar-refractivity contribution >= 4 is 35.7 Å². The van der Waals surface area contributed by atoms with Crippen LogP contribution in [0.15, 0.2) is 79.6 Å². The highest BCUT2D eigenvalue weighted by atomic mass is 16.7. The molecule has 2 aromatic carbocycles. The Morgan fingerprint density at radius 1 is 0.875 bits per heavy atom. The van der Waals surface area contributed by atoms with E-state index in [1.165, 1.54) is 36.4 Å². The van der Waals surface area contributed by atoms with Crippen molar-refractivity contribution in [3.05, 3.63) is 102 Å². The van der Waals surface area contributed by atoms with Crippen LogP contribution in [0.3, 0.4) is 0 Å². The number of allylic oxidation sites excluding steroid dienone is 1. The SMILES string of the molecule is C=CC(=C)OCc1ccc(CNC(=O)OCc2ccc(OC3CC(O)[C@H](O)C(C(=O)O)O3)c(C(=O)NCCNC(=O)CCCCCN3C(=O)C=CC3=O)c2)cc1. The maximum atomic E-state index is 13.4. The fraction of sp³-hybridized carbons (Fsp3) is 0.385. The van der Waals surface area contributed by atoms with Crippen LogP contribution in [0.1, 0.15) is 59.2 Å². The van der Waals surface area contributed by atoms with Crippen LogP contribution in [0.25, 0.3) is 0 Å². The molecule has 6 N–H and O–H groups in total. The van der Waals surface area contributed by atoms with Gasteiger partial charge in [0, 0.05) is 51.2 Å². The molecule has 4 rings (SSSR count). The number of nitrogens with zero attached hydrogens (tertiary/aromatic N) is 1. The molecule has 4 atom stereocenters. The highest BCUT2D eigenvalue weighted by Crippen LogP contribution is 2.28. The van der Waals surface area contributed by atoms with Crippen LogP contribution in [0.4, 0.5) is 4.79 Å². The fourth-order valence-corrected chi connectivity index (χ4v) is 5.51. The second-order valence-corrected chi connectivity index (χ2v) is 12.8. The number of alkyl carbamates (subject to hydrolysis) is 1. The van der Waals surface area contributed by atoms with Gasteiger partial charge >= 0.3 is 12.1 Å². The number of aliphatic hydroxyl groups excluding tert-OH is 2. The summed E-state index contributed by atoms with van der Waals surface area (Å²) in [6, 6.07) is 11.7. The third-order valence-corrected chi connectivity index (χ3v) is 8.63. The van der Waals surface area contributed by atoms with Crippen molar-refractivity contribution in [1.29, 1.82) is 0 Å². The predicted molar refractivity (Wildman–Crippen MR) is 197 cm³/mol. The molecular formula is C39H46N4O13. The summed E-state index contributed by atoms with van der Waals surface area (Å²) in [5.41, 5.74) is 2.06. The van der Waals surface area contributed by atoms with Gasteiger partial charge in [0.15, 0.2) is 6.10 Å². The third kappa shape index (κ3) is 13.1. The second-order valence-electron chi connectivity index (χ2n) is 12.8. The summed E-state index contributed by atoms with van der Waals surface area (Å²) in [7, 11) is 0. The largest absolute Gasteiger partial charge is 0.490 e. The number of carboxylic acid groups (broad SMARTS) is 1. The van der Waals surface area contributed by atoms with Gasteiger partial charge in [0.05, 0.1) is 11.7 Å². The molecule has 2 heterocycles. The van der Waals surface area contributed by atoms with E-state index in [0.29, 0.717) is 37.2 Å². The number of carbonyl (C=O) groups is 6. The second kappa shape index (κ2) is 21.2. The van der Waals surface area contributed by atoms with Crippen LogP contribution in [0.5, 0.6) is 5.75 Å². The van der Waals surface area contributed by atoms with Gasteiger partial charge in [-0.05, 0) is 47.7 Å². The standard InChI is InChI=1S/C39H46N4O13/c1-3-24(2)53-22-26-10-8-25(9-11-26)21-42-39(52)54-23-27-12-13-30(55-34-20-29(44)35(48)36(56-34)38(50)51)28(19-27)37(49)41-17-16-40-31(45)7-5-4-6-18-43-32(46)14-15-33(43)47/h3,8-15,19,29,34-36,44,48H,1-2,4-7,16-18,20-23H2,(H,40,45)(H,41,49)(H,42,52)(H,50,51)/t29?,34?,35-,36?/m0/s1. The lowest BCUT2D eigenvalue weighted by molar-refractivity contribution is -0.228. The summed E-state index contributed by atoms with van der Waals surface area (Å²) in [5, 5.41) is 37.7. The van der Waals surface area contributed by atoms with Gasteiger partial charge < -0.3 is 50.2 Å². The minimum Gasteiger partial charge on any atom is -0.490 e. The summed E-state index contributed by atoms with van der Waals surface area (Å²) in [4.78, 5) is 74.2. The van der Waals surface area contributed by atoms with Crippen molar-refractivity contribution in [1.82, 2.24) is 20.9 Å². The molecule has 0 aliphatic carbocycles. The zero-order valence-corrected chi connectivity index (χ0v) is 30.6. The molecule has 0 radical (unpaired) electrons. The maximum Gasteiger partial charge on any atom is 0.407 e. The molecule has 2 aliphatic rings. The van der Waals surface area contributed by atoms with Gasteiger partial charge in [-0.25, -0.2) is 9.59 Å². The van der Waals surface area contributed by atoms with E-state index in [0.717, 1.165) is 16.0 Å². The van der Waals surface area contributed by atoms with Crippen molar-refractivity contribution in [2.24, 2.45) is 0 Å². The molecule has 56 heavy (non-hydrogen) atoms. The van der Waals surface area contributed by atoms with Gasteiger partial charge in [0.2, 0.25) is 12.2 Å². The minimum absolute atomic E-state index is 0.0172. The number of amides is 5. The van der Waals surface area contributed by atoms with Crippen molar-refractivity contribution in [3.63, 3.8) is 0 Å². The summed E-state index contributed by atoms with van der Waals surface area (Å²) < 4.78 is 21.9. The van der Waals surface area contributed by atoms with Crippen molar-refractivity contribution in [3.8, 4) is 5.75 Å². The van der Waals surface area contributed by atoms with Crippen molar-refractivity contribution in [2.45, 2.75) is 76.5 Å². The summed E-state index contributed by atoms with van der Waals surface area (Å²) in [6.07, 6.45) is -1.44. The lowest BCUT2D eigenvalue weighted by Gasteiger charge is -2.35.